The molecule has 0 bridgehead atoms. The van der Waals surface area contributed by atoms with Crippen molar-refractivity contribution in [3.8, 4) is 11.5 Å². The van der Waals surface area contributed by atoms with E-state index in [0.717, 1.165) is 29.1 Å². The minimum atomic E-state index is -0.322. The first-order valence-corrected chi connectivity index (χ1v) is 7.61. The second kappa shape index (κ2) is 6.48. The van der Waals surface area contributed by atoms with Crippen LogP contribution in [0, 0.1) is 0 Å². The predicted octanol–water partition coefficient (Wildman–Crippen LogP) is 3.86. The lowest BCUT2D eigenvalue weighted by atomic mass is 10.1. The molecule has 4 nitrogen and oxygen atoms in total. The van der Waals surface area contributed by atoms with Crippen LogP contribution in [0.1, 0.15) is 18.9 Å². The molecule has 0 fully saturated rings. The quantitative estimate of drug-likeness (QED) is 0.788. The normalized spacial score (nSPS) is 13.7. The molecular formula is C19H17NO3. The third-order valence-electron chi connectivity index (χ3n) is 3.62. The predicted molar refractivity (Wildman–Crippen MR) is 88.6 cm³/mol. The van der Waals surface area contributed by atoms with Gasteiger partial charge in [0.25, 0.3) is 11.8 Å². The summed E-state index contributed by atoms with van der Waals surface area (Å²) in [7, 11) is 0. The van der Waals surface area contributed by atoms with Crippen LogP contribution in [0.15, 0.2) is 60.7 Å². The van der Waals surface area contributed by atoms with Gasteiger partial charge in [0, 0.05) is 12.2 Å². The number of para-hydroxylation sites is 1. The number of hydrogen-bond donors (Lipinski definition) is 0. The van der Waals surface area contributed by atoms with Crippen LogP contribution in [0.25, 0.3) is 0 Å². The minimum Gasteiger partial charge on any atom is -0.457 e. The molecule has 0 radical (unpaired) electrons. The first-order chi connectivity index (χ1) is 11.2. The van der Waals surface area contributed by atoms with Crippen LogP contribution in [0.4, 0.5) is 5.69 Å². The molecule has 116 valence electrons. The van der Waals surface area contributed by atoms with Crippen molar-refractivity contribution in [2.75, 3.05) is 4.90 Å². The van der Waals surface area contributed by atoms with Gasteiger partial charge in [0.2, 0.25) is 0 Å². The van der Waals surface area contributed by atoms with E-state index < -0.39 is 0 Å². The Bertz CT molecular complexity index is 744. The molecular weight excluding hydrogens is 290 g/mol. The molecule has 2 amide bonds. The van der Waals surface area contributed by atoms with Crippen LogP contribution < -0.4 is 9.64 Å². The van der Waals surface area contributed by atoms with Crippen molar-refractivity contribution in [3.63, 3.8) is 0 Å². The van der Waals surface area contributed by atoms with E-state index in [1.165, 1.54) is 12.2 Å². The summed E-state index contributed by atoms with van der Waals surface area (Å²) in [6.07, 6.45) is 4.55. The number of hydrogen-bond acceptors (Lipinski definition) is 3. The highest BCUT2D eigenvalue weighted by atomic mass is 16.5. The van der Waals surface area contributed by atoms with Gasteiger partial charge in [0.15, 0.2) is 0 Å². The van der Waals surface area contributed by atoms with E-state index in [2.05, 4.69) is 13.0 Å². The lowest BCUT2D eigenvalue weighted by Gasteiger charge is -2.15. The zero-order valence-corrected chi connectivity index (χ0v) is 12.9. The van der Waals surface area contributed by atoms with E-state index in [-0.39, 0.29) is 11.8 Å². The van der Waals surface area contributed by atoms with Gasteiger partial charge in [-0.1, -0.05) is 31.5 Å². The molecule has 4 heteroatoms. The van der Waals surface area contributed by atoms with E-state index in [1.807, 2.05) is 18.2 Å². The molecule has 0 aromatic heterocycles. The number of benzene rings is 2. The Balaban J connectivity index is 1.78. The van der Waals surface area contributed by atoms with Crippen LogP contribution >= 0.6 is 0 Å². The van der Waals surface area contributed by atoms with Gasteiger partial charge >= 0.3 is 0 Å². The SMILES string of the molecule is CCCc1ccccc1Oc1ccc(N2C(=O)C=CC2=O)cc1. The molecule has 0 N–H and O–H groups in total. The molecule has 0 spiro atoms. The lowest BCUT2D eigenvalue weighted by Crippen LogP contribution is -2.29. The summed E-state index contributed by atoms with van der Waals surface area (Å²) in [5, 5.41) is 0. The Hall–Kier alpha value is -2.88. The number of rotatable bonds is 5. The molecule has 0 saturated heterocycles. The summed E-state index contributed by atoms with van der Waals surface area (Å²) >= 11 is 0. The summed E-state index contributed by atoms with van der Waals surface area (Å²) in [6.45, 7) is 2.13. The van der Waals surface area contributed by atoms with E-state index in [0.29, 0.717) is 11.4 Å². The largest absolute Gasteiger partial charge is 0.457 e. The molecule has 1 aliphatic heterocycles. The average molecular weight is 307 g/mol. The van der Waals surface area contributed by atoms with Gasteiger partial charge in [-0.2, -0.15) is 0 Å². The van der Waals surface area contributed by atoms with Crippen LogP contribution in [-0.4, -0.2) is 11.8 Å². The first-order valence-electron chi connectivity index (χ1n) is 7.61. The van der Waals surface area contributed by atoms with Crippen molar-refractivity contribution in [2.24, 2.45) is 0 Å². The molecule has 0 atom stereocenters. The topological polar surface area (TPSA) is 46.6 Å². The highest BCUT2D eigenvalue weighted by Gasteiger charge is 2.24. The Morgan fingerprint density at radius 1 is 0.913 bits per heavy atom. The number of ether oxygens (including phenoxy) is 1. The number of nitrogens with zero attached hydrogens (tertiary/aromatic N) is 1. The fourth-order valence-electron chi connectivity index (χ4n) is 2.52. The minimum absolute atomic E-state index is 0.322. The maximum absolute atomic E-state index is 11.7. The van der Waals surface area contributed by atoms with E-state index in [9.17, 15) is 9.59 Å². The number of amides is 2. The standard InChI is InChI=1S/C19H17NO3/c1-2-5-14-6-3-4-7-17(14)23-16-10-8-15(9-11-16)20-18(21)12-13-19(20)22/h3-4,6-13H,2,5H2,1H3. The fraction of sp³-hybridized carbons (Fsp3) is 0.158. The fourth-order valence-corrected chi connectivity index (χ4v) is 2.52. The van der Waals surface area contributed by atoms with Crippen LogP contribution in [-0.2, 0) is 16.0 Å². The van der Waals surface area contributed by atoms with Gasteiger partial charge < -0.3 is 4.74 Å². The van der Waals surface area contributed by atoms with Gasteiger partial charge in [0.1, 0.15) is 11.5 Å². The Morgan fingerprint density at radius 2 is 1.57 bits per heavy atom. The van der Waals surface area contributed by atoms with Gasteiger partial charge in [-0.05, 0) is 42.3 Å². The third-order valence-corrected chi connectivity index (χ3v) is 3.62. The molecule has 0 aliphatic carbocycles. The number of carbonyl (C=O) groups is 2. The van der Waals surface area contributed by atoms with Crippen LogP contribution in [0.5, 0.6) is 11.5 Å². The van der Waals surface area contributed by atoms with Gasteiger partial charge in [-0.3, -0.25) is 9.59 Å². The summed E-state index contributed by atoms with van der Waals surface area (Å²) in [4.78, 5) is 24.5. The van der Waals surface area contributed by atoms with Crippen molar-refractivity contribution in [1.29, 1.82) is 0 Å². The van der Waals surface area contributed by atoms with E-state index in [4.69, 9.17) is 4.74 Å². The summed E-state index contributed by atoms with van der Waals surface area (Å²) in [6, 6.07) is 14.9. The van der Waals surface area contributed by atoms with Gasteiger partial charge in [-0.15, -0.1) is 0 Å². The summed E-state index contributed by atoms with van der Waals surface area (Å²) in [5.74, 6) is 0.857. The lowest BCUT2D eigenvalue weighted by molar-refractivity contribution is -0.119. The molecule has 3 rings (SSSR count). The molecule has 2 aromatic rings. The maximum atomic E-state index is 11.7. The highest BCUT2D eigenvalue weighted by Crippen LogP contribution is 2.28. The van der Waals surface area contributed by atoms with E-state index in [1.54, 1.807) is 24.3 Å². The van der Waals surface area contributed by atoms with Gasteiger partial charge in [0.05, 0.1) is 5.69 Å². The molecule has 0 saturated carbocycles. The van der Waals surface area contributed by atoms with Gasteiger partial charge in [-0.25, -0.2) is 4.90 Å². The van der Waals surface area contributed by atoms with Crippen molar-refractivity contribution in [2.45, 2.75) is 19.8 Å². The monoisotopic (exact) mass is 307 g/mol. The Labute approximate surface area is 135 Å². The van der Waals surface area contributed by atoms with Crippen molar-refractivity contribution in [3.05, 3.63) is 66.2 Å². The summed E-state index contributed by atoms with van der Waals surface area (Å²) in [5.41, 5.74) is 1.70. The number of imide groups is 1. The van der Waals surface area contributed by atoms with Crippen molar-refractivity contribution >= 4 is 17.5 Å². The maximum Gasteiger partial charge on any atom is 0.258 e. The number of aryl methyl sites for hydroxylation is 1. The molecule has 1 aliphatic rings. The molecule has 1 heterocycles. The second-order valence-electron chi connectivity index (χ2n) is 5.30. The Kier molecular flexibility index (Phi) is 4.24. The first kappa shape index (κ1) is 15.0. The second-order valence-corrected chi connectivity index (χ2v) is 5.30. The number of anilines is 1. The molecule has 2 aromatic carbocycles. The smallest absolute Gasteiger partial charge is 0.258 e. The zero-order valence-electron chi connectivity index (χ0n) is 12.9. The van der Waals surface area contributed by atoms with Crippen LogP contribution in [0.3, 0.4) is 0 Å². The molecule has 23 heavy (non-hydrogen) atoms. The summed E-state index contributed by atoms with van der Waals surface area (Å²) < 4.78 is 5.93. The Morgan fingerprint density at radius 3 is 2.22 bits per heavy atom. The third kappa shape index (κ3) is 3.16. The number of carbonyl (C=O) groups excluding carboxylic acids is 2. The highest BCUT2D eigenvalue weighted by molar-refractivity contribution is 6.28. The average Bonchev–Trinajstić information content (AvgIpc) is 2.89. The van der Waals surface area contributed by atoms with Crippen LogP contribution in [0.2, 0.25) is 0 Å². The van der Waals surface area contributed by atoms with E-state index >= 15 is 0 Å². The van der Waals surface area contributed by atoms with Crippen molar-refractivity contribution in [1.82, 2.24) is 0 Å². The molecule has 0 unspecified atom stereocenters. The zero-order chi connectivity index (χ0) is 16.2. The van der Waals surface area contributed by atoms with Crippen molar-refractivity contribution < 1.29 is 14.3 Å².